The lowest BCUT2D eigenvalue weighted by atomic mass is 9.99. The maximum absolute atomic E-state index is 13.1. The van der Waals surface area contributed by atoms with E-state index in [-0.39, 0.29) is 12.5 Å². The second kappa shape index (κ2) is 50.5. The van der Waals surface area contributed by atoms with Gasteiger partial charge in [0, 0.05) is 6.42 Å². The van der Waals surface area contributed by atoms with Gasteiger partial charge in [0.25, 0.3) is 0 Å². The van der Waals surface area contributed by atoms with Crippen molar-refractivity contribution in [1.82, 2.24) is 5.32 Å². The van der Waals surface area contributed by atoms with E-state index in [4.69, 9.17) is 9.47 Å². The standard InChI is InChI=1S/C60H117NO8/c1-3-5-7-9-11-13-15-17-19-21-22-23-24-25-26-27-28-29-30-31-32-34-36-38-40-42-44-46-48-50-56(64)61-53(52-68-60-59(67)58(66)57(65)55(51-62)69-60)54(63)49-47-45-43-41-39-37-35-33-20-18-16-14-12-10-8-6-4-2/h47,49,53-55,57-60,62-63,65-67H,3-46,48,50-52H2,1-2H3,(H,61,64)/b49-47+/t53-,54+,55+,57+,58?,59?,60+/m0/s1. The first-order chi connectivity index (χ1) is 33.8. The largest absolute Gasteiger partial charge is 0.394 e. The molecule has 0 radical (unpaired) electrons. The molecule has 9 heteroatoms. The zero-order valence-electron chi connectivity index (χ0n) is 45.6. The van der Waals surface area contributed by atoms with Crippen LogP contribution in [0.3, 0.4) is 0 Å². The highest BCUT2D eigenvalue weighted by molar-refractivity contribution is 5.76. The molecule has 0 aromatic rings. The number of aliphatic hydroxyl groups is 5. The molecule has 1 heterocycles. The minimum absolute atomic E-state index is 0.169. The number of carbonyl (C=O) groups excluding carboxylic acids is 1. The maximum atomic E-state index is 13.1. The molecule has 1 aliphatic rings. The van der Waals surface area contributed by atoms with Crippen LogP contribution < -0.4 is 5.32 Å². The van der Waals surface area contributed by atoms with Crippen LogP contribution in [-0.4, -0.2) is 87.5 Å². The number of hydrogen-bond acceptors (Lipinski definition) is 8. The Labute approximate surface area is 426 Å². The van der Waals surface area contributed by atoms with Crippen molar-refractivity contribution in [1.29, 1.82) is 0 Å². The molecule has 0 aromatic heterocycles. The maximum Gasteiger partial charge on any atom is 0.220 e. The topological polar surface area (TPSA) is 149 Å². The van der Waals surface area contributed by atoms with Crippen LogP contribution >= 0.6 is 0 Å². The molecule has 69 heavy (non-hydrogen) atoms. The summed E-state index contributed by atoms with van der Waals surface area (Å²) in [6, 6.07) is -0.800. The fraction of sp³-hybridized carbons (Fsp3) is 0.950. The van der Waals surface area contributed by atoms with Crippen LogP contribution in [-0.2, 0) is 14.3 Å². The third-order valence-corrected chi connectivity index (χ3v) is 14.9. The zero-order valence-corrected chi connectivity index (χ0v) is 45.6. The molecule has 410 valence electrons. The number of ether oxygens (including phenoxy) is 2. The van der Waals surface area contributed by atoms with Crippen LogP contribution in [0.2, 0.25) is 0 Å². The average Bonchev–Trinajstić information content (AvgIpc) is 3.35. The van der Waals surface area contributed by atoms with Crippen LogP contribution in [0.5, 0.6) is 0 Å². The highest BCUT2D eigenvalue weighted by atomic mass is 16.7. The summed E-state index contributed by atoms with van der Waals surface area (Å²) in [7, 11) is 0. The first kappa shape index (κ1) is 65.9. The third-order valence-electron chi connectivity index (χ3n) is 14.9. The number of aliphatic hydroxyl groups excluding tert-OH is 5. The van der Waals surface area contributed by atoms with Crippen molar-refractivity contribution < 1.29 is 39.8 Å². The number of carbonyl (C=O) groups is 1. The van der Waals surface area contributed by atoms with Crippen molar-refractivity contribution in [3.63, 3.8) is 0 Å². The zero-order chi connectivity index (χ0) is 50.1. The molecule has 1 rings (SSSR count). The van der Waals surface area contributed by atoms with Gasteiger partial charge in [-0.15, -0.1) is 0 Å². The van der Waals surface area contributed by atoms with E-state index in [1.807, 2.05) is 6.08 Å². The van der Waals surface area contributed by atoms with E-state index in [1.165, 1.54) is 250 Å². The summed E-state index contributed by atoms with van der Waals surface area (Å²) in [5.41, 5.74) is 0. The molecule has 1 amide bonds. The molecular formula is C60H117NO8. The Balaban J connectivity index is 2.14. The fourth-order valence-corrected chi connectivity index (χ4v) is 10.0. The van der Waals surface area contributed by atoms with Crippen LogP contribution in [0.15, 0.2) is 12.2 Å². The summed E-state index contributed by atoms with van der Waals surface area (Å²) in [5.74, 6) is -0.169. The molecular weight excluding hydrogens is 863 g/mol. The van der Waals surface area contributed by atoms with Gasteiger partial charge >= 0.3 is 0 Å². The van der Waals surface area contributed by atoms with E-state index >= 15 is 0 Å². The van der Waals surface area contributed by atoms with Crippen LogP contribution in [0, 0.1) is 0 Å². The second-order valence-electron chi connectivity index (χ2n) is 21.5. The molecule has 0 spiro atoms. The first-order valence-electron chi connectivity index (χ1n) is 30.4. The lowest BCUT2D eigenvalue weighted by Gasteiger charge is -2.40. The van der Waals surface area contributed by atoms with Crippen molar-refractivity contribution in [2.75, 3.05) is 13.2 Å². The molecule has 1 aliphatic heterocycles. The van der Waals surface area contributed by atoms with E-state index in [9.17, 15) is 30.3 Å². The monoisotopic (exact) mass is 980 g/mol. The lowest BCUT2D eigenvalue weighted by Crippen LogP contribution is -2.60. The Morgan fingerprint density at radius 3 is 1.13 bits per heavy atom. The van der Waals surface area contributed by atoms with Crippen LogP contribution in [0.1, 0.15) is 309 Å². The Morgan fingerprint density at radius 2 is 0.797 bits per heavy atom. The number of rotatable bonds is 53. The molecule has 9 nitrogen and oxygen atoms in total. The number of allylic oxidation sites excluding steroid dienone is 1. The Bertz CT molecular complexity index is 1090. The third kappa shape index (κ3) is 40.1. The summed E-state index contributed by atoms with van der Waals surface area (Å²) in [6.45, 7) is 3.82. The van der Waals surface area contributed by atoms with Crippen LogP contribution in [0.4, 0.5) is 0 Å². The van der Waals surface area contributed by atoms with Crippen molar-refractivity contribution in [3.8, 4) is 0 Å². The smallest absolute Gasteiger partial charge is 0.220 e. The van der Waals surface area contributed by atoms with Gasteiger partial charge in [0.05, 0.1) is 25.4 Å². The molecule has 7 atom stereocenters. The second-order valence-corrected chi connectivity index (χ2v) is 21.5. The summed E-state index contributed by atoms with van der Waals surface area (Å²) < 4.78 is 11.3. The van der Waals surface area contributed by atoms with Crippen molar-refractivity contribution in [3.05, 3.63) is 12.2 Å². The molecule has 0 aliphatic carbocycles. The molecule has 1 fully saturated rings. The van der Waals surface area contributed by atoms with E-state index in [0.29, 0.717) is 6.42 Å². The molecule has 6 N–H and O–H groups in total. The average molecular weight is 981 g/mol. The Kier molecular flexibility index (Phi) is 48.2. The normalized spacial score (nSPS) is 19.4. The molecule has 0 aromatic carbocycles. The number of amides is 1. The highest BCUT2D eigenvalue weighted by Crippen LogP contribution is 2.23. The van der Waals surface area contributed by atoms with Gasteiger partial charge in [-0.25, -0.2) is 0 Å². The number of nitrogens with one attached hydrogen (secondary N) is 1. The molecule has 1 saturated heterocycles. The molecule has 0 bridgehead atoms. The van der Waals surface area contributed by atoms with E-state index in [2.05, 4.69) is 19.2 Å². The first-order valence-corrected chi connectivity index (χ1v) is 30.4. The highest BCUT2D eigenvalue weighted by Gasteiger charge is 2.44. The van der Waals surface area contributed by atoms with Gasteiger partial charge in [-0.3, -0.25) is 4.79 Å². The summed E-state index contributed by atoms with van der Waals surface area (Å²) in [4.78, 5) is 13.1. The Morgan fingerprint density at radius 1 is 0.478 bits per heavy atom. The van der Waals surface area contributed by atoms with E-state index in [0.717, 1.165) is 38.5 Å². The molecule has 2 unspecified atom stereocenters. The summed E-state index contributed by atoms with van der Waals surface area (Å²) >= 11 is 0. The van der Waals surface area contributed by atoms with Crippen molar-refractivity contribution in [2.45, 2.75) is 352 Å². The van der Waals surface area contributed by atoms with Crippen molar-refractivity contribution in [2.24, 2.45) is 0 Å². The van der Waals surface area contributed by atoms with Gasteiger partial charge < -0.3 is 40.3 Å². The SMILES string of the molecule is CCCCCCCCCCCCCCCCC/C=C/[C@@H](O)[C@H](CO[C@@H]1O[C@H](CO)[C@@H](O)C(O)C1O)NC(=O)CCCCCCCCCCCCCCCCCCCCCCCCCCCCCCC. The van der Waals surface area contributed by atoms with Gasteiger partial charge in [0.1, 0.15) is 24.4 Å². The minimum atomic E-state index is -1.56. The summed E-state index contributed by atoms with van der Waals surface area (Å²) in [6.07, 6.45) is 55.8. The van der Waals surface area contributed by atoms with Gasteiger partial charge in [-0.1, -0.05) is 296 Å². The Hall–Kier alpha value is -1.07. The minimum Gasteiger partial charge on any atom is -0.394 e. The van der Waals surface area contributed by atoms with E-state index in [1.54, 1.807) is 6.08 Å². The van der Waals surface area contributed by atoms with Crippen molar-refractivity contribution >= 4 is 5.91 Å². The lowest BCUT2D eigenvalue weighted by molar-refractivity contribution is -0.302. The summed E-state index contributed by atoms with van der Waals surface area (Å²) in [5, 5.41) is 54.5. The number of hydrogen-bond donors (Lipinski definition) is 6. The van der Waals surface area contributed by atoms with Crippen LogP contribution in [0.25, 0.3) is 0 Å². The van der Waals surface area contributed by atoms with Gasteiger partial charge in [0.2, 0.25) is 5.91 Å². The van der Waals surface area contributed by atoms with Gasteiger partial charge in [0.15, 0.2) is 6.29 Å². The predicted molar refractivity (Wildman–Crippen MR) is 291 cm³/mol. The fourth-order valence-electron chi connectivity index (χ4n) is 10.0. The van der Waals surface area contributed by atoms with Gasteiger partial charge in [-0.2, -0.15) is 0 Å². The number of unbranched alkanes of at least 4 members (excludes halogenated alkanes) is 43. The van der Waals surface area contributed by atoms with E-state index < -0.39 is 49.5 Å². The predicted octanol–water partition coefficient (Wildman–Crippen LogP) is 15.2. The van der Waals surface area contributed by atoms with Gasteiger partial charge in [-0.05, 0) is 19.3 Å². The molecule has 0 saturated carbocycles. The quantitative estimate of drug-likeness (QED) is 0.0261.